The van der Waals surface area contributed by atoms with Gasteiger partial charge >= 0.3 is 0 Å². The molecule has 34 heavy (non-hydrogen) atoms. The second-order valence-corrected chi connectivity index (χ2v) is 9.12. The van der Waals surface area contributed by atoms with Gasteiger partial charge in [0.1, 0.15) is 11.9 Å². The number of anilines is 1. The summed E-state index contributed by atoms with van der Waals surface area (Å²) in [5, 5.41) is 5.50. The van der Waals surface area contributed by atoms with Gasteiger partial charge in [0.25, 0.3) is 0 Å². The summed E-state index contributed by atoms with van der Waals surface area (Å²) < 4.78 is 14.1. The fourth-order valence-electron chi connectivity index (χ4n) is 2.95. The van der Waals surface area contributed by atoms with Crippen molar-refractivity contribution in [1.29, 1.82) is 0 Å². The van der Waals surface area contributed by atoms with Gasteiger partial charge in [0.05, 0.1) is 12.2 Å². The minimum absolute atomic E-state index is 0.00113. The number of carbonyl (C=O) groups is 2. The zero-order chi connectivity index (χ0) is 26.4. The summed E-state index contributed by atoms with van der Waals surface area (Å²) in [4.78, 5) is 29.5. The normalized spacial score (nSPS) is 14.2. The van der Waals surface area contributed by atoms with Gasteiger partial charge in [-0.05, 0) is 43.4 Å². The maximum Gasteiger partial charge on any atom is 0.242 e. The fraction of sp³-hybridized carbons (Fsp3) is 0.560. The summed E-state index contributed by atoms with van der Waals surface area (Å²) in [6.07, 6.45) is 1.35. The number of nitrogens with zero attached hydrogens (tertiary/aromatic N) is 2. The molecule has 1 saturated heterocycles. The van der Waals surface area contributed by atoms with Crippen LogP contribution in [0.2, 0.25) is 5.02 Å². The lowest BCUT2D eigenvalue weighted by molar-refractivity contribution is -0.135. The Morgan fingerprint density at radius 2 is 1.85 bits per heavy atom. The summed E-state index contributed by atoms with van der Waals surface area (Å²) in [5.74, 6) is -0.313. The summed E-state index contributed by atoms with van der Waals surface area (Å²) in [7, 11) is 0. The van der Waals surface area contributed by atoms with Gasteiger partial charge in [0.15, 0.2) is 5.13 Å². The predicted octanol–water partition coefficient (Wildman–Crippen LogP) is 6.51. The molecule has 1 aliphatic rings. The van der Waals surface area contributed by atoms with Gasteiger partial charge in [0.2, 0.25) is 11.8 Å². The molecule has 192 valence electrons. The molecule has 0 spiro atoms. The molecule has 1 fully saturated rings. The fourth-order valence-corrected chi connectivity index (χ4v) is 3.81. The molecule has 0 saturated carbocycles. The zero-order valence-electron chi connectivity index (χ0n) is 21.7. The number of hydrogen-bond donors (Lipinski definition) is 2. The Labute approximate surface area is 213 Å². The summed E-state index contributed by atoms with van der Waals surface area (Å²) in [6, 6.07) is 2.37. The molecule has 2 aromatic rings. The van der Waals surface area contributed by atoms with Crippen LogP contribution in [0.4, 0.5) is 9.52 Å². The molecule has 0 aliphatic carbocycles. The monoisotopic (exact) mass is 514 g/mol. The van der Waals surface area contributed by atoms with E-state index >= 15 is 0 Å². The molecular weight excluding hydrogens is 475 g/mol. The number of nitrogens with one attached hydrogen (secondary N) is 1. The van der Waals surface area contributed by atoms with Crippen LogP contribution in [0.25, 0.3) is 11.3 Å². The first kappa shape index (κ1) is 31.8. The van der Waals surface area contributed by atoms with E-state index in [2.05, 4.69) is 31.1 Å². The molecule has 6 nitrogen and oxygen atoms in total. The summed E-state index contributed by atoms with van der Waals surface area (Å²) in [5.41, 5.74) is 6.91. The van der Waals surface area contributed by atoms with Gasteiger partial charge in [-0.2, -0.15) is 0 Å². The van der Waals surface area contributed by atoms with Crippen molar-refractivity contribution in [1.82, 2.24) is 9.88 Å². The van der Waals surface area contributed by atoms with Crippen LogP contribution in [-0.2, 0) is 9.59 Å². The highest BCUT2D eigenvalue weighted by molar-refractivity contribution is 7.14. The number of aromatic nitrogens is 1. The molecule has 1 aliphatic heterocycles. The van der Waals surface area contributed by atoms with Gasteiger partial charge in [-0.1, -0.05) is 60.1 Å². The van der Waals surface area contributed by atoms with Gasteiger partial charge in [0, 0.05) is 22.5 Å². The lowest BCUT2D eigenvalue weighted by atomic mass is 10.1. The number of halogens is 2. The van der Waals surface area contributed by atoms with Crippen LogP contribution >= 0.6 is 22.9 Å². The van der Waals surface area contributed by atoms with E-state index in [-0.39, 0.29) is 12.5 Å². The van der Waals surface area contributed by atoms with E-state index in [9.17, 15) is 14.0 Å². The van der Waals surface area contributed by atoms with Gasteiger partial charge in [-0.15, -0.1) is 11.3 Å². The van der Waals surface area contributed by atoms with Gasteiger partial charge in [-0.3, -0.25) is 9.59 Å². The minimum Gasteiger partial charge on any atom is -0.368 e. The van der Waals surface area contributed by atoms with E-state index in [1.54, 1.807) is 18.4 Å². The molecule has 1 atom stereocenters. The Bertz CT molecular complexity index is 902. The van der Waals surface area contributed by atoms with E-state index in [4.69, 9.17) is 17.3 Å². The van der Waals surface area contributed by atoms with Crippen molar-refractivity contribution >= 4 is 39.9 Å². The molecule has 1 aromatic carbocycles. The van der Waals surface area contributed by atoms with E-state index in [1.165, 1.54) is 22.3 Å². The highest BCUT2D eigenvalue weighted by Crippen LogP contribution is 2.30. The molecular formula is C25H40ClFN4O2S. The molecule has 0 radical (unpaired) electrons. The molecule has 0 unspecified atom stereocenters. The molecule has 3 N–H and O–H groups in total. The van der Waals surface area contributed by atoms with Crippen LogP contribution in [0.15, 0.2) is 17.5 Å². The zero-order valence-corrected chi connectivity index (χ0v) is 23.2. The second-order valence-electron chi connectivity index (χ2n) is 7.85. The van der Waals surface area contributed by atoms with Crippen LogP contribution in [0.1, 0.15) is 66.9 Å². The molecule has 2 amide bonds. The predicted molar refractivity (Wildman–Crippen MR) is 143 cm³/mol. The number of thiazole rings is 1. The van der Waals surface area contributed by atoms with E-state index in [0.717, 1.165) is 17.9 Å². The maximum atomic E-state index is 14.1. The molecule has 1 aromatic heterocycles. The first-order chi connectivity index (χ1) is 16.1. The Morgan fingerprint density at radius 3 is 2.41 bits per heavy atom. The van der Waals surface area contributed by atoms with Crippen molar-refractivity contribution in [2.75, 3.05) is 18.4 Å². The topological polar surface area (TPSA) is 88.3 Å². The van der Waals surface area contributed by atoms with Crippen LogP contribution in [0, 0.1) is 18.7 Å². The Hall–Kier alpha value is -2.19. The second kappa shape index (κ2) is 16.4. The van der Waals surface area contributed by atoms with Crippen LogP contribution < -0.4 is 11.1 Å². The molecule has 2 heterocycles. The number of hydrogen-bond acceptors (Lipinski definition) is 5. The Balaban J connectivity index is 0.00000121. The number of amides is 2. The Morgan fingerprint density at radius 1 is 1.26 bits per heavy atom. The van der Waals surface area contributed by atoms with Crippen molar-refractivity contribution in [2.24, 2.45) is 11.7 Å². The summed E-state index contributed by atoms with van der Waals surface area (Å²) >= 11 is 7.18. The van der Waals surface area contributed by atoms with Crippen molar-refractivity contribution in [3.8, 4) is 11.3 Å². The first-order valence-corrected chi connectivity index (χ1v) is 13.1. The van der Waals surface area contributed by atoms with Crippen LogP contribution in [-0.4, -0.2) is 40.8 Å². The number of primary amides is 1. The van der Waals surface area contributed by atoms with E-state index in [1.807, 2.05) is 27.7 Å². The highest BCUT2D eigenvalue weighted by Gasteiger charge is 2.32. The number of benzene rings is 1. The third-order valence-electron chi connectivity index (χ3n) is 4.32. The highest BCUT2D eigenvalue weighted by atomic mass is 35.5. The van der Waals surface area contributed by atoms with Gasteiger partial charge < -0.3 is 16.0 Å². The molecule has 9 heteroatoms. The van der Waals surface area contributed by atoms with Crippen molar-refractivity contribution in [3.63, 3.8) is 0 Å². The Kier molecular flexibility index (Phi) is 15.4. The first-order valence-electron chi connectivity index (χ1n) is 11.8. The van der Waals surface area contributed by atoms with E-state index in [0.29, 0.717) is 34.4 Å². The van der Waals surface area contributed by atoms with Crippen molar-refractivity contribution in [2.45, 2.75) is 74.3 Å². The minimum atomic E-state index is -0.540. The number of likely N-dealkylation sites (tertiary alicyclic amines) is 1. The lowest BCUT2D eigenvalue weighted by Crippen LogP contribution is -2.45. The molecule has 3 rings (SSSR count). The van der Waals surface area contributed by atoms with Gasteiger partial charge in [-0.25, -0.2) is 9.37 Å². The van der Waals surface area contributed by atoms with E-state index < -0.39 is 17.8 Å². The average Bonchev–Trinajstić information content (AvgIpc) is 3.47. The van der Waals surface area contributed by atoms with Crippen molar-refractivity contribution < 1.29 is 14.0 Å². The number of rotatable bonds is 5. The van der Waals surface area contributed by atoms with Crippen LogP contribution in [0.3, 0.4) is 0 Å². The summed E-state index contributed by atoms with van der Waals surface area (Å²) in [6.45, 7) is 16.8. The average molecular weight is 515 g/mol. The number of carbonyl (C=O) groups excluding carboxylic acids is 2. The smallest absolute Gasteiger partial charge is 0.242 e. The SMILES string of the molecule is CC.CC.CC(C)C.Cc1cc(-c2csc(NCC(=O)N3CCC[C@H]3C(N)=O)n2)c(F)cc1Cl. The van der Waals surface area contributed by atoms with Crippen LogP contribution in [0.5, 0.6) is 0 Å². The lowest BCUT2D eigenvalue weighted by Gasteiger charge is -2.22. The number of nitrogens with two attached hydrogens (primary N) is 1. The number of aryl methyl sites for hydroxylation is 1. The molecule has 0 bridgehead atoms. The largest absolute Gasteiger partial charge is 0.368 e. The van der Waals surface area contributed by atoms with Crippen molar-refractivity contribution in [3.05, 3.63) is 33.9 Å². The maximum absolute atomic E-state index is 14.1. The third kappa shape index (κ3) is 9.97. The quantitative estimate of drug-likeness (QED) is 0.475. The third-order valence-corrected chi connectivity index (χ3v) is 5.53. The standard InChI is InChI=1S/C17H18ClFN4O2S.C4H10.2C2H6/c1-9-5-10(12(19)6-11(9)18)13-8-26-17(22-13)21-7-15(24)23-4-2-3-14(23)16(20)25;1-4(2)3;2*1-2/h5-6,8,14H,2-4,7H2,1H3,(H2,20,25)(H,21,22);4H,1-3H3;2*1-2H3/t14-;;;/m0.../s1.